The van der Waals surface area contributed by atoms with Crippen LogP contribution in [0.2, 0.25) is 0 Å². The SMILES string of the molecule is O=C(NC1CCC1)c1cc(OC[C@H]2CCCN2c2ncnc3[nH]cnc23)c2ccccc2n1. The molecule has 9 heteroatoms. The van der Waals surface area contributed by atoms with Crippen LogP contribution in [0.3, 0.4) is 0 Å². The van der Waals surface area contributed by atoms with Crippen LogP contribution in [-0.2, 0) is 0 Å². The standard InChI is InChI=1S/C24H25N7O2/c32-24(29-15-5-3-6-15)19-11-20(17-8-1-2-9-18(17)30-19)33-12-16-7-4-10-31(16)23-21-22(26-13-25-21)27-14-28-23/h1-2,8-9,11,13-16H,3-7,10,12H2,(H,29,32)(H,25,26,27,28)/t16-/m1/s1. The van der Waals surface area contributed by atoms with Crippen molar-refractivity contribution in [3.63, 3.8) is 0 Å². The lowest BCUT2D eigenvalue weighted by molar-refractivity contribution is 0.0911. The highest BCUT2D eigenvalue weighted by Crippen LogP contribution is 2.30. The Morgan fingerprint density at radius 1 is 1.15 bits per heavy atom. The number of ether oxygens (including phenoxy) is 1. The number of benzene rings is 1. The van der Waals surface area contributed by atoms with Crippen LogP contribution >= 0.6 is 0 Å². The third-order valence-electron chi connectivity index (χ3n) is 6.63. The first-order valence-electron chi connectivity index (χ1n) is 11.5. The summed E-state index contributed by atoms with van der Waals surface area (Å²) in [6, 6.07) is 9.96. The van der Waals surface area contributed by atoms with Gasteiger partial charge in [0.15, 0.2) is 11.5 Å². The molecule has 2 aliphatic rings. The fourth-order valence-corrected chi connectivity index (χ4v) is 4.63. The van der Waals surface area contributed by atoms with Gasteiger partial charge in [-0.2, -0.15) is 0 Å². The Labute approximate surface area is 190 Å². The molecule has 6 rings (SSSR count). The molecule has 168 valence electrons. The minimum absolute atomic E-state index is 0.139. The maximum atomic E-state index is 12.8. The number of anilines is 1. The van der Waals surface area contributed by atoms with Gasteiger partial charge >= 0.3 is 0 Å². The first kappa shape index (κ1) is 19.9. The molecule has 2 fully saturated rings. The molecule has 4 aromatic rings. The van der Waals surface area contributed by atoms with Crippen molar-refractivity contribution in [1.82, 2.24) is 30.2 Å². The van der Waals surface area contributed by atoms with Crippen molar-refractivity contribution in [2.45, 2.75) is 44.2 Å². The molecule has 1 aliphatic carbocycles. The van der Waals surface area contributed by atoms with Gasteiger partial charge in [0.05, 0.1) is 17.9 Å². The van der Waals surface area contributed by atoms with E-state index in [1.165, 1.54) is 6.42 Å². The molecule has 1 atom stereocenters. The fourth-order valence-electron chi connectivity index (χ4n) is 4.63. The molecule has 1 saturated carbocycles. The van der Waals surface area contributed by atoms with Crippen molar-refractivity contribution >= 4 is 33.8 Å². The molecule has 0 radical (unpaired) electrons. The minimum Gasteiger partial charge on any atom is -0.491 e. The van der Waals surface area contributed by atoms with Crippen molar-refractivity contribution in [3.8, 4) is 5.75 Å². The molecule has 0 bridgehead atoms. The molecule has 1 saturated heterocycles. The van der Waals surface area contributed by atoms with Crippen LogP contribution in [0.15, 0.2) is 43.0 Å². The van der Waals surface area contributed by atoms with Gasteiger partial charge in [0.25, 0.3) is 5.91 Å². The molecule has 33 heavy (non-hydrogen) atoms. The lowest BCUT2D eigenvalue weighted by Gasteiger charge is -2.27. The van der Waals surface area contributed by atoms with Gasteiger partial charge in [-0.1, -0.05) is 12.1 Å². The molecule has 0 unspecified atom stereocenters. The summed E-state index contributed by atoms with van der Waals surface area (Å²) < 4.78 is 6.35. The van der Waals surface area contributed by atoms with Gasteiger partial charge in [-0.15, -0.1) is 0 Å². The molecular formula is C24H25N7O2. The number of para-hydroxylation sites is 1. The third-order valence-corrected chi connectivity index (χ3v) is 6.63. The number of hydrogen-bond donors (Lipinski definition) is 2. The van der Waals surface area contributed by atoms with Crippen LogP contribution in [0.1, 0.15) is 42.6 Å². The van der Waals surface area contributed by atoms with E-state index in [0.29, 0.717) is 18.1 Å². The molecule has 2 N–H and O–H groups in total. The predicted octanol–water partition coefficient (Wildman–Crippen LogP) is 3.23. The summed E-state index contributed by atoms with van der Waals surface area (Å²) in [5.74, 6) is 1.37. The summed E-state index contributed by atoms with van der Waals surface area (Å²) in [6.07, 6.45) is 8.49. The van der Waals surface area contributed by atoms with E-state index in [9.17, 15) is 4.79 Å². The highest BCUT2D eigenvalue weighted by atomic mass is 16.5. The maximum Gasteiger partial charge on any atom is 0.270 e. The van der Waals surface area contributed by atoms with Gasteiger partial charge in [-0.25, -0.2) is 19.9 Å². The van der Waals surface area contributed by atoms with Crippen LogP contribution in [0.25, 0.3) is 22.1 Å². The highest BCUT2D eigenvalue weighted by Gasteiger charge is 2.29. The van der Waals surface area contributed by atoms with Crippen LogP contribution in [-0.4, -0.2) is 56.1 Å². The van der Waals surface area contributed by atoms with E-state index >= 15 is 0 Å². The fraction of sp³-hybridized carbons (Fsp3) is 0.375. The zero-order valence-electron chi connectivity index (χ0n) is 18.2. The van der Waals surface area contributed by atoms with Crippen molar-refractivity contribution < 1.29 is 9.53 Å². The first-order valence-corrected chi connectivity index (χ1v) is 11.5. The summed E-state index contributed by atoms with van der Waals surface area (Å²) in [7, 11) is 0. The number of carbonyl (C=O) groups excluding carboxylic acids is 1. The van der Waals surface area contributed by atoms with Crippen molar-refractivity contribution in [3.05, 3.63) is 48.7 Å². The van der Waals surface area contributed by atoms with Crippen LogP contribution in [0.5, 0.6) is 5.75 Å². The Morgan fingerprint density at radius 2 is 2.06 bits per heavy atom. The largest absolute Gasteiger partial charge is 0.491 e. The van der Waals surface area contributed by atoms with E-state index in [0.717, 1.165) is 60.1 Å². The van der Waals surface area contributed by atoms with Gasteiger partial charge < -0.3 is 19.9 Å². The quantitative estimate of drug-likeness (QED) is 0.471. The zero-order valence-corrected chi connectivity index (χ0v) is 18.2. The number of fused-ring (bicyclic) bond motifs is 2. The summed E-state index contributed by atoms with van der Waals surface area (Å²) in [5.41, 5.74) is 2.65. The average molecular weight is 444 g/mol. The van der Waals surface area contributed by atoms with Crippen molar-refractivity contribution in [2.75, 3.05) is 18.1 Å². The number of rotatable bonds is 6. The van der Waals surface area contributed by atoms with Crippen molar-refractivity contribution in [1.29, 1.82) is 0 Å². The Balaban J connectivity index is 1.26. The highest BCUT2D eigenvalue weighted by molar-refractivity contribution is 5.97. The zero-order chi connectivity index (χ0) is 22.2. The number of carbonyl (C=O) groups is 1. The number of aromatic nitrogens is 5. The minimum atomic E-state index is -0.139. The molecule has 4 heterocycles. The van der Waals surface area contributed by atoms with Gasteiger partial charge in [-0.3, -0.25) is 4.79 Å². The topological polar surface area (TPSA) is 109 Å². The van der Waals surface area contributed by atoms with Crippen LogP contribution in [0, 0.1) is 0 Å². The molecule has 1 amide bonds. The van der Waals surface area contributed by atoms with E-state index in [2.05, 4.69) is 35.1 Å². The number of amides is 1. The Kier molecular flexibility index (Phi) is 5.01. The molecule has 1 aliphatic heterocycles. The number of nitrogens with zero attached hydrogens (tertiary/aromatic N) is 5. The maximum absolute atomic E-state index is 12.8. The van der Waals surface area contributed by atoms with Gasteiger partial charge in [0.1, 0.15) is 29.9 Å². The second-order valence-electron chi connectivity index (χ2n) is 8.72. The van der Waals surface area contributed by atoms with Crippen LogP contribution in [0.4, 0.5) is 5.82 Å². The smallest absolute Gasteiger partial charge is 0.270 e. The average Bonchev–Trinajstić information content (AvgIpc) is 3.48. The van der Waals surface area contributed by atoms with Gasteiger partial charge in [-0.05, 0) is 44.2 Å². The van der Waals surface area contributed by atoms with E-state index in [4.69, 9.17) is 4.74 Å². The second-order valence-corrected chi connectivity index (χ2v) is 8.72. The second kappa shape index (κ2) is 8.31. The lowest BCUT2D eigenvalue weighted by Crippen LogP contribution is -2.39. The monoisotopic (exact) mass is 443 g/mol. The summed E-state index contributed by atoms with van der Waals surface area (Å²) in [6.45, 7) is 1.37. The normalized spacial score (nSPS) is 18.5. The third kappa shape index (κ3) is 3.73. The van der Waals surface area contributed by atoms with Gasteiger partial charge in [0, 0.05) is 24.0 Å². The van der Waals surface area contributed by atoms with E-state index in [-0.39, 0.29) is 18.0 Å². The number of pyridine rings is 1. The summed E-state index contributed by atoms with van der Waals surface area (Å²) >= 11 is 0. The summed E-state index contributed by atoms with van der Waals surface area (Å²) in [4.78, 5) is 35.8. The molecule has 0 spiro atoms. The number of nitrogens with one attached hydrogen (secondary N) is 2. The number of hydrogen-bond acceptors (Lipinski definition) is 7. The number of aromatic amines is 1. The molecule has 9 nitrogen and oxygen atoms in total. The molecule has 1 aromatic carbocycles. The van der Waals surface area contributed by atoms with Crippen molar-refractivity contribution in [2.24, 2.45) is 0 Å². The van der Waals surface area contributed by atoms with Gasteiger partial charge in [0.2, 0.25) is 0 Å². The lowest BCUT2D eigenvalue weighted by atomic mass is 9.93. The molecular weight excluding hydrogens is 418 g/mol. The molecule has 3 aromatic heterocycles. The van der Waals surface area contributed by atoms with Crippen LogP contribution < -0.4 is 15.0 Å². The Morgan fingerprint density at radius 3 is 2.94 bits per heavy atom. The number of H-pyrrole nitrogens is 1. The predicted molar refractivity (Wildman–Crippen MR) is 124 cm³/mol. The first-order chi connectivity index (χ1) is 16.3. The Hall–Kier alpha value is -3.75. The summed E-state index contributed by atoms with van der Waals surface area (Å²) in [5, 5.41) is 3.98. The van der Waals surface area contributed by atoms with E-state index < -0.39 is 0 Å². The Bertz CT molecular complexity index is 1320. The van der Waals surface area contributed by atoms with E-state index in [1.807, 2.05) is 24.3 Å². The number of imidazole rings is 1. The van der Waals surface area contributed by atoms with E-state index in [1.54, 1.807) is 18.7 Å².